The number of aromatic nitrogens is 3. The van der Waals surface area contributed by atoms with Gasteiger partial charge in [-0.25, -0.2) is 9.97 Å². The third kappa shape index (κ3) is 4.85. The van der Waals surface area contributed by atoms with Gasteiger partial charge in [-0.15, -0.1) is 0 Å². The molecular weight excluding hydrogens is 659 g/mol. The van der Waals surface area contributed by atoms with Gasteiger partial charge in [-0.05, 0) is 64.2 Å². The summed E-state index contributed by atoms with van der Waals surface area (Å²) in [5.41, 5.74) is 13.6. The molecule has 0 atom stereocenters. The predicted molar refractivity (Wildman–Crippen MR) is 223 cm³/mol. The number of rotatable bonds is 5. The Morgan fingerprint density at radius 2 is 0.981 bits per heavy atom. The maximum absolute atomic E-state index is 6.44. The van der Waals surface area contributed by atoms with Crippen LogP contribution in [-0.4, -0.2) is 14.5 Å². The van der Waals surface area contributed by atoms with Crippen LogP contribution in [0.4, 0.5) is 0 Å². The second-order valence-corrected chi connectivity index (χ2v) is 13.8. The fourth-order valence-corrected chi connectivity index (χ4v) is 8.05. The lowest BCUT2D eigenvalue weighted by atomic mass is 9.97. The zero-order chi connectivity index (χ0) is 35.6. The van der Waals surface area contributed by atoms with Crippen LogP contribution in [0.2, 0.25) is 0 Å². The molecule has 0 unspecified atom stereocenters. The minimum absolute atomic E-state index is 0.639. The van der Waals surface area contributed by atoms with Gasteiger partial charge < -0.3 is 4.42 Å². The molecule has 8 aromatic carbocycles. The molecule has 0 aliphatic carbocycles. The van der Waals surface area contributed by atoms with Crippen molar-refractivity contribution in [1.29, 1.82) is 0 Å². The van der Waals surface area contributed by atoms with Crippen molar-refractivity contribution in [3.63, 3.8) is 0 Å². The van der Waals surface area contributed by atoms with E-state index in [2.05, 4.69) is 168 Å². The van der Waals surface area contributed by atoms with Gasteiger partial charge in [-0.3, -0.25) is 4.57 Å². The lowest BCUT2D eigenvalue weighted by Crippen LogP contribution is -2.03. The molecular formula is C50H31N3O. The van der Waals surface area contributed by atoms with Crippen molar-refractivity contribution in [2.45, 2.75) is 0 Å². The first kappa shape index (κ1) is 30.3. The van der Waals surface area contributed by atoms with Crippen molar-refractivity contribution < 1.29 is 4.42 Å². The second-order valence-electron chi connectivity index (χ2n) is 13.8. The summed E-state index contributed by atoms with van der Waals surface area (Å²) >= 11 is 0. The summed E-state index contributed by atoms with van der Waals surface area (Å²) in [7, 11) is 0. The molecule has 252 valence electrons. The zero-order valence-electron chi connectivity index (χ0n) is 29.1. The zero-order valence-corrected chi connectivity index (χ0v) is 29.1. The molecule has 3 heterocycles. The number of fused-ring (bicyclic) bond motifs is 7. The van der Waals surface area contributed by atoms with Gasteiger partial charge in [0.25, 0.3) is 0 Å². The highest BCUT2D eigenvalue weighted by Gasteiger charge is 2.19. The molecule has 54 heavy (non-hydrogen) atoms. The summed E-state index contributed by atoms with van der Waals surface area (Å²) in [5.74, 6) is 0.639. The van der Waals surface area contributed by atoms with Gasteiger partial charge in [0, 0.05) is 38.1 Å². The summed E-state index contributed by atoms with van der Waals surface area (Å²) in [6, 6.07) is 66.1. The van der Waals surface area contributed by atoms with Crippen molar-refractivity contribution in [2.24, 2.45) is 0 Å². The van der Waals surface area contributed by atoms with E-state index in [1.54, 1.807) is 0 Å². The molecule has 0 N–H and O–H groups in total. The highest BCUT2D eigenvalue weighted by molar-refractivity contribution is 6.13. The van der Waals surface area contributed by atoms with E-state index >= 15 is 0 Å². The van der Waals surface area contributed by atoms with Crippen LogP contribution in [0.25, 0.3) is 105 Å². The molecule has 3 aromatic heterocycles. The van der Waals surface area contributed by atoms with Crippen LogP contribution in [0.3, 0.4) is 0 Å². The van der Waals surface area contributed by atoms with Crippen LogP contribution in [-0.2, 0) is 0 Å². The van der Waals surface area contributed by atoms with Crippen LogP contribution in [0.1, 0.15) is 0 Å². The average molecular weight is 690 g/mol. The van der Waals surface area contributed by atoms with Crippen LogP contribution in [0.15, 0.2) is 192 Å². The van der Waals surface area contributed by atoms with Gasteiger partial charge in [0.2, 0.25) is 5.95 Å². The first-order valence-corrected chi connectivity index (χ1v) is 18.2. The summed E-state index contributed by atoms with van der Waals surface area (Å²) in [5, 5.41) is 5.54. The number of benzene rings is 8. The van der Waals surface area contributed by atoms with Crippen LogP contribution in [0.5, 0.6) is 0 Å². The third-order valence-electron chi connectivity index (χ3n) is 10.6. The molecule has 11 rings (SSSR count). The molecule has 0 aliphatic heterocycles. The van der Waals surface area contributed by atoms with Crippen molar-refractivity contribution in [1.82, 2.24) is 14.5 Å². The number of hydrogen-bond acceptors (Lipinski definition) is 3. The minimum atomic E-state index is 0.639. The summed E-state index contributed by atoms with van der Waals surface area (Å²) in [6.07, 6.45) is 0. The van der Waals surface area contributed by atoms with Gasteiger partial charge >= 0.3 is 0 Å². The van der Waals surface area contributed by atoms with Crippen molar-refractivity contribution in [3.8, 4) is 50.6 Å². The van der Waals surface area contributed by atoms with E-state index in [-0.39, 0.29) is 0 Å². The number of nitrogens with zero attached hydrogens (tertiary/aromatic N) is 3. The molecule has 0 saturated carbocycles. The summed E-state index contributed by atoms with van der Waals surface area (Å²) in [6.45, 7) is 0. The Hall–Kier alpha value is -7.30. The van der Waals surface area contributed by atoms with E-state index in [0.717, 1.165) is 88.2 Å². The van der Waals surface area contributed by atoms with Gasteiger partial charge in [0.15, 0.2) is 0 Å². The standard InChI is InChI=1S/C50H31N3O/c1-2-12-32(13-3-1)33-24-26-34(27-25-33)35-14-10-15-37(30-35)48-42-18-4-7-21-44(42)51-50(52-48)53-45-22-8-5-16-39(45)43-31-36(28-29-46(43)53)38-19-11-20-41-40-17-6-9-23-47(40)54-49(38)41/h1-31H. The monoisotopic (exact) mass is 689 g/mol. The van der Waals surface area contributed by atoms with Gasteiger partial charge in [0.1, 0.15) is 11.2 Å². The normalized spacial score (nSPS) is 11.7. The van der Waals surface area contributed by atoms with E-state index < -0.39 is 0 Å². The molecule has 11 aromatic rings. The maximum atomic E-state index is 6.44. The van der Waals surface area contributed by atoms with E-state index in [0.29, 0.717) is 5.95 Å². The number of hydrogen-bond donors (Lipinski definition) is 0. The Morgan fingerprint density at radius 3 is 1.85 bits per heavy atom. The Balaban J connectivity index is 1.06. The lowest BCUT2D eigenvalue weighted by molar-refractivity contribution is 0.670. The molecule has 0 radical (unpaired) electrons. The molecule has 4 heteroatoms. The Morgan fingerprint density at radius 1 is 0.370 bits per heavy atom. The quantitative estimate of drug-likeness (QED) is 0.181. The molecule has 0 saturated heterocycles. The van der Waals surface area contributed by atoms with Crippen LogP contribution in [0, 0.1) is 0 Å². The van der Waals surface area contributed by atoms with E-state index in [4.69, 9.17) is 14.4 Å². The van der Waals surface area contributed by atoms with Gasteiger partial charge in [-0.2, -0.15) is 0 Å². The Labute approximate surface area is 311 Å². The highest BCUT2D eigenvalue weighted by Crippen LogP contribution is 2.40. The number of furan rings is 1. The van der Waals surface area contributed by atoms with Crippen LogP contribution >= 0.6 is 0 Å². The fraction of sp³-hybridized carbons (Fsp3) is 0. The van der Waals surface area contributed by atoms with Crippen molar-refractivity contribution >= 4 is 54.6 Å². The number of para-hydroxylation sites is 4. The molecule has 0 spiro atoms. The topological polar surface area (TPSA) is 43.9 Å². The second kappa shape index (κ2) is 12.1. The first-order valence-electron chi connectivity index (χ1n) is 18.2. The predicted octanol–water partition coefficient (Wildman–Crippen LogP) is 13.3. The molecule has 0 fully saturated rings. The van der Waals surface area contributed by atoms with Gasteiger partial charge in [-0.1, -0.05) is 152 Å². The molecule has 0 bridgehead atoms. The lowest BCUT2D eigenvalue weighted by Gasteiger charge is -2.13. The smallest absolute Gasteiger partial charge is 0.235 e. The summed E-state index contributed by atoms with van der Waals surface area (Å²) < 4.78 is 8.65. The van der Waals surface area contributed by atoms with E-state index in [1.165, 1.54) is 11.1 Å². The Kier molecular flexibility index (Phi) is 6.82. The molecule has 0 amide bonds. The van der Waals surface area contributed by atoms with Crippen molar-refractivity contribution in [3.05, 3.63) is 188 Å². The average Bonchev–Trinajstić information content (AvgIpc) is 3.79. The third-order valence-corrected chi connectivity index (χ3v) is 10.6. The fourth-order valence-electron chi connectivity index (χ4n) is 8.05. The molecule has 4 nitrogen and oxygen atoms in total. The SMILES string of the molecule is c1ccc(-c2ccc(-c3cccc(-c4nc(-n5c6ccccc6c6cc(-c7cccc8c7oc7ccccc78)ccc65)nc5ccccc45)c3)cc2)cc1. The molecule has 0 aliphatic rings. The Bertz CT molecular complexity index is 3210. The van der Waals surface area contributed by atoms with Gasteiger partial charge in [0.05, 0.1) is 22.2 Å². The van der Waals surface area contributed by atoms with Crippen LogP contribution < -0.4 is 0 Å². The highest BCUT2D eigenvalue weighted by atomic mass is 16.3. The largest absolute Gasteiger partial charge is 0.455 e. The first-order chi connectivity index (χ1) is 26.8. The minimum Gasteiger partial charge on any atom is -0.455 e. The van der Waals surface area contributed by atoms with E-state index in [9.17, 15) is 0 Å². The maximum Gasteiger partial charge on any atom is 0.235 e. The van der Waals surface area contributed by atoms with E-state index in [1.807, 2.05) is 24.3 Å². The van der Waals surface area contributed by atoms with Crippen molar-refractivity contribution in [2.75, 3.05) is 0 Å². The summed E-state index contributed by atoms with van der Waals surface area (Å²) in [4.78, 5) is 10.6.